The molecule has 0 aliphatic carbocycles. The molecule has 1 rings (SSSR count). The van der Waals surface area contributed by atoms with E-state index in [0.717, 1.165) is 0 Å². The van der Waals surface area contributed by atoms with E-state index < -0.39 is 5.97 Å². The van der Waals surface area contributed by atoms with Gasteiger partial charge in [-0.25, -0.2) is 0 Å². The normalized spacial score (nSPS) is 10.0. The third-order valence-corrected chi connectivity index (χ3v) is 2.48. The number of rotatable bonds is 5. The maximum absolute atomic E-state index is 12.2. The number of carbonyl (C=O) groups is 2. The highest BCUT2D eigenvalue weighted by Crippen LogP contribution is 2.09. The minimum absolute atomic E-state index is 0.192. The van der Waals surface area contributed by atoms with Crippen LogP contribution in [0, 0.1) is 18.3 Å². The van der Waals surface area contributed by atoms with Gasteiger partial charge in [0, 0.05) is 17.7 Å². The number of carboxylic acids is 1. The molecule has 4 heteroatoms. The number of carboxylic acid groups (broad SMARTS) is 1. The zero-order valence-corrected chi connectivity index (χ0v) is 11.0. The molecular formula is C15H16NO3. The summed E-state index contributed by atoms with van der Waals surface area (Å²) in [6.07, 6.45) is 6.97. The molecule has 0 fully saturated rings. The molecular weight excluding hydrogens is 242 g/mol. The quantitative estimate of drug-likeness (QED) is 0.819. The van der Waals surface area contributed by atoms with E-state index in [1.807, 2.05) is 13.8 Å². The van der Waals surface area contributed by atoms with Crippen LogP contribution in [0.2, 0.25) is 0 Å². The second-order valence-electron chi connectivity index (χ2n) is 4.68. The Morgan fingerprint density at radius 1 is 1.32 bits per heavy atom. The molecule has 1 amide bonds. The van der Waals surface area contributed by atoms with Gasteiger partial charge in [-0.15, -0.1) is 0 Å². The van der Waals surface area contributed by atoms with Crippen molar-refractivity contribution in [3.05, 3.63) is 41.8 Å². The van der Waals surface area contributed by atoms with E-state index in [2.05, 4.69) is 5.92 Å². The summed E-state index contributed by atoms with van der Waals surface area (Å²) < 4.78 is 0. The van der Waals surface area contributed by atoms with Gasteiger partial charge in [-0.3, -0.25) is 9.59 Å². The zero-order valence-electron chi connectivity index (χ0n) is 11.0. The molecule has 0 aliphatic heterocycles. The van der Waals surface area contributed by atoms with Gasteiger partial charge in [0.1, 0.15) is 6.54 Å². The highest BCUT2D eigenvalue weighted by Gasteiger charge is 2.19. The van der Waals surface area contributed by atoms with Crippen LogP contribution < -0.4 is 0 Å². The van der Waals surface area contributed by atoms with E-state index in [0.29, 0.717) is 17.7 Å². The van der Waals surface area contributed by atoms with Crippen LogP contribution in [0.4, 0.5) is 0 Å². The maximum atomic E-state index is 12.2. The SMILES string of the molecule is [C]#Cc1ccc(C(=O)N(CC(=O)O)CC(C)C)cc1. The Labute approximate surface area is 113 Å². The second kappa shape index (κ2) is 6.60. The van der Waals surface area contributed by atoms with Crippen LogP contribution >= 0.6 is 0 Å². The first-order valence-electron chi connectivity index (χ1n) is 5.98. The average Bonchev–Trinajstić information content (AvgIpc) is 2.36. The Balaban J connectivity index is 2.91. The molecule has 1 radical (unpaired) electrons. The van der Waals surface area contributed by atoms with Crippen molar-refractivity contribution in [2.75, 3.05) is 13.1 Å². The summed E-state index contributed by atoms with van der Waals surface area (Å²) >= 11 is 0. The molecule has 99 valence electrons. The standard InChI is InChI=1S/C15H16NO3/c1-4-12-5-7-13(8-6-12)15(19)16(9-11(2)3)10-14(17)18/h5-8,11H,9-10H2,2-3H3,(H,17,18). The summed E-state index contributed by atoms with van der Waals surface area (Å²) in [4.78, 5) is 24.3. The Hall–Kier alpha value is -2.28. The van der Waals surface area contributed by atoms with Crippen LogP contribution in [-0.2, 0) is 4.79 Å². The van der Waals surface area contributed by atoms with Gasteiger partial charge < -0.3 is 10.0 Å². The van der Waals surface area contributed by atoms with Crippen LogP contribution in [0.1, 0.15) is 29.8 Å². The molecule has 0 heterocycles. The van der Waals surface area contributed by atoms with Gasteiger partial charge in [-0.2, -0.15) is 0 Å². The fourth-order valence-corrected chi connectivity index (χ4v) is 1.70. The number of carbonyl (C=O) groups excluding carboxylic acids is 1. The van der Waals surface area contributed by atoms with Gasteiger partial charge in [0.05, 0.1) is 0 Å². The van der Waals surface area contributed by atoms with Gasteiger partial charge in [0.25, 0.3) is 5.91 Å². The molecule has 0 aromatic heterocycles. The fraction of sp³-hybridized carbons (Fsp3) is 0.333. The average molecular weight is 258 g/mol. The molecule has 0 bridgehead atoms. The lowest BCUT2D eigenvalue weighted by Gasteiger charge is -2.22. The van der Waals surface area contributed by atoms with Crippen LogP contribution in [-0.4, -0.2) is 35.0 Å². The Kier molecular flexibility index (Phi) is 5.13. The van der Waals surface area contributed by atoms with E-state index in [9.17, 15) is 9.59 Å². The van der Waals surface area contributed by atoms with Crippen LogP contribution in [0.3, 0.4) is 0 Å². The topological polar surface area (TPSA) is 57.6 Å². The van der Waals surface area contributed by atoms with Crippen molar-refractivity contribution in [1.82, 2.24) is 4.90 Å². The van der Waals surface area contributed by atoms with E-state index in [1.54, 1.807) is 24.3 Å². The predicted octanol–water partition coefficient (Wildman–Crippen LogP) is 1.81. The lowest BCUT2D eigenvalue weighted by atomic mass is 10.1. The number of amides is 1. The van der Waals surface area contributed by atoms with E-state index in [1.165, 1.54) is 4.90 Å². The highest BCUT2D eigenvalue weighted by atomic mass is 16.4. The smallest absolute Gasteiger partial charge is 0.323 e. The molecule has 1 N–H and O–H groups in total. The number of benzene rings is 1. The first-order chi connectivity index (χ1) is 8.93. The number of nitrogens with zero attached hydrogens (tertiary/aromatic N) is 1. The minimum atomic E-state index is -1.03. The molecule has 19 heavy (non-hydrogen) atoms. The molecule has 0 aliphatic rings. The van der Waals surface area contributed by atoms with Crippen molar-refractivity contribution in [2.45, 2.75) is 13.8 Å². The number of aliphatic carboxylic acids is 1. The van der Waals surface area contributed by atoms with Crippen LogP contribution in [0.5, 0.6) is 0 Å². The molecule has 1 aromatic carbocycles. The second-order valence-corrected chi connectivity index (χ2v) is 4.68. The molecule has 0 atom stereocenters. The fourth-order valence-electron chi connectivity index (χ4n) is 1.70. The third kappa shape index (κ3) is 4.47. The van der Waals surface area contributed by atoms with Crippen molar-refractivity contribution in [1.29, 1.82) is 0 Å². The van der Waals surface area contributed by atoms with Crippen molar-refractivity contribution >= 4 is 11.9 Å². The van der Waals surface area contributed by atoms with E-state index in [-0.39, 0.29) is 18.4 Å². The van der Waals surface area contributed by atoms with Crippen molar-refractivity contribution in [3.63, 3.8) is 0 Å². The first kappa shape index (κ1) is 14.8. The molecule has 0 spiro atoms. The van der Waals surface area contributed by atoms with Gasteiger partial charge >= 0.3 is 5.97 Å². The largest absolute Gasteiger partial charge is 0.480 e. The van der Waals surface area contributed by atoms with Gasteiger partial charge in [0.2, 0.25) is 0 Å². The first-order valence-corrected chi connectivity index (χ1v) is 5.98. The third-order valence-electron chi connectivity index (χ3n) is 2.48. The molecule has 0 saturated heterocycles. The summed E-state index contributed by atoms with van der Waals surface area (Å²) in [6.45, 7) is 3.93. The summed E-state index contributed by atoms with van der Waals surface area (Å²) in [5.74, 6) is 1.07. The molecule has 0 unspecified atom stereocenters. The van der Waals surface area contributed by atoms with Gasteiger partial charge in [0.15, 0.2) is 0 Å². The highest BCUT2D eigenvalue weighted by molar-refractivity contribution is 5.95. The van der Waals surface area contributed by atoms with Gasteiger partial charge in [-0.05, 0) is 36.6 Å². The van der Waals surface area contributed by atoms with Gasteiger partial charge in [-0.1, -0.05) is 19.8 Å². The zero-order chi connectivity index (χ0) is 14.4. The van der Waals surface area contributed by atoms with Crippen molar-refractivity contribution in [3.8, 4) is 5.92 Å². The number of hydrogen-bond donors (Lipinski definition) is 1. The van der Waals surface area contributed by atoms with Crippen molar-refractivity contribution in [2.24, 2.45) is 5.92 Å². The van der Waals surface area contributed by atoms with Crippen molar-refractivity contribution < 1.29 is 14.7 Å². The lowest BCUT2D eigenvalue weighted by Crippen LogP contribution is -2.38. The molecule has 1 aromatic rings. The lowest BCUT2D eigenvalue weighted by molar-refractivity contribution is -0.137. The Morgan fingerprint density at radius 2 is 1.89 bits per heavy atom. The summed E-state index contributed by atoms with van der Waals surface area (Å²) in [5.41, 5.74) is 0.992. The Bertz CT molecular complexity index is 497. The number of hydrogen-bond acceptors (Lipinski definition) is 2. The van der Waals surface area contributed by atoms with Crippen LogP contribution in [0.25, 0.3) is 0 Å². The van der Waals surface area contributed by atoms with E-state index in [4.69, 9.17) is 11.5 Å². The van der Waals surface area contributed by atoms with Crippen LogP contribution in [0.15, 0.2) is 24.3 Å². The monoisotopic (exact) mass is 258 g/mol. The van der Waals surface area contributed by atoms with E-state index >= 15 is 0 Å². The minimum Gasteiger partial charge on any atom is -0.480 e. The summed E-state index contributed by atoms with van der Waals surface area (Å²) in [5, 5.41) is 8.85. The predicted molar refractivity (Wildman–Crippen MR) is 71.1 cm³/mol. The Morgan fingerprint density at radius 3 is 2.32 bits per heavy atom. The molecule has 0 saturated carbocycles. The maximum Gasteiger partial charge on any atom is 0.323 e. The summed E-state index contributed by atoms with van der Waals surface area (Å²) in [7, 11) is 0. The molecule has 4 nitrogen and oxygen atoms in total. The summed E-state index contributed by atoms with van der Waals surface area (Å²) in [6, 6.07) is 6.37.